The second kappa shape index (κ2) is 8.21. The molecule has 0 fully saturated rings. The first kappa shape index (κ1) is 18.2. The van der Waals surface area contributed by atoms with Crippen molar-refractivity contribution in [3.05, 3.63) is 72.4 Å². The fraction of sp³-hybridized carbons (Fsp3) is 0.217. The Hall–Kier alpha value is -3.21. The Balaban J connectivity index is 1.59. The fourth-order valence-electron chi connectivity index (χ4n) is 3.40. The van der Waals surface area contributed by atoms with E-state index in [1.54, 1.807) is 6.07 Å². The minimum absolute atomic E-state index is 0.281. The van der Waals surface area contributed by atoms with E-state index in [9.17, 15) is 9.18 Å². The highest BCUT2D eigenvalue weighted by molar-refractivity contribution is 6.05. The molecule has 0 saturated heterocycles. The van der Waals surface area contributed by atoms with Gasteiger partial charge in [0.1, 0.15) is 0 Å². The summed E-state index contributed by atoms with van der Waals surface area (Å²) in [4.78, 5) is 17.2. The molecule has 0 bridgehead atoms. The van der Waals surface area contributed by atoms with Crippen molar-refractivity contribution in [3.8, 4) is 5.88 Å². The van der Waals surface area contributed by atoms with Gasteiger partial charge in [-0.15, -0.1) is 0 Å². The number of carbonyl (C=O) groups is 1. The molecule has 2 heterocycles. The van der Waals surface area contributed by atoms with Gasteiger partial charge in [-0.05, 0) is 37.5 Å². The summed E-state index contributed by atoms with van der Waals surface area (Å²) in [5, 5.41) is 1.84. The highest BCUT2D eigenvalue weighted by Crippen LogP contribution is 2.24. The Morgan fingerprint density at radius 1 is 0.964 bits per heavy atom. The molecule has 0 atom stereocenters. The third kappa shape index (κ3) is 3.74. The predicted octanol–water partition coefficient (Wildman–Crippen LogP) is 5.55. The van der Waals surface area contributed by atoms with Gasteiger partial charge in [0.05, 0.1) is 17.8 Å². The third-order valence-corrected chi connectivity index (χ3v) is 4.81. The number of carbonyl (C=O) groups excluding carboxylic acids is 1. The van der Waals surface area contributed by atoms with Crippen LogP contribution in [0, 0.1) is 0 Å². The van der Waals surface area contributed by atoms with E-state index < -0.39 is 5.97 Å². The molecule has 28 heavy (non-hydrogen) atoms. The number of rotatable bonds is 7. The van der Waals surface area contributed by atoms with Crippen molar-refractivity contribution in [1.29, 1.82) is 0 Å². The zero-order valence-electron chi connectivity index (χ0n) is 15.5. The second-order valence-corrected chi connectivity index (χ2v) is 6.73. The molecular weight excluding hydrogens is 355 g/mol. The van der Waals surface area contributed by atoms with Crippen LogP contribution in [0.1, 0.15) is 29.6 Å². The van der Waals surface area contributed by atoms with Crippen LogP contribution in [0.15, 0.2) is 66.9 Å². The first-order chi connectivity index (χ1) is 13.8. The van der Waals surface area contributed by atoms with Crippen LogP contribution < -0.4 is 4.74 Å². The summed E-state index contributed by atoms with van der Waals surface area (Å²) >= 11 is 0. The minimum Gasteiger partial charge on any atom is -0.404 e. The molecule has 142 valence electrons. The van der Waals surface area contributed by atoms with Crippen molar-refractivity contribution in [3.63, 3.8) is 0 Å². The third-order valence-electron chi connectivity index (χ3n) is 4.81. The number of unbranched alkanes of at least 4 members (excludes halogenated alkanes) is 2. The monoisotopic (exact) mass is 376 g/mol. The van der Waals surface area contributed by atoms with Crippen molar-refractivity contribution in [2.45, 2.75) is 25.8 Å². The predicted molar refractivity (Wildman–Crippen MR) is 108 cm³/mol. The van der Waals surface area contributed by atoms with Crippen LogP contribution >= 0.6 is 0 Å². The zero-order chi connectivity index (χ0) is 19.3. The molecule has 0 amide bonds. The zero-order valence-corrected chi connectivity index (χ0v) is 15.5. The quantitative estimate of drug-likeness (QED) is 0.314. The number of halogens is 1. The smallest absolute Gasteiger partial charge is 0.347 e. The topological polar surface area (TPSA) is 44.1 Å². The van der Waals surface area contributed by atoms with Crippen LogP contribution in [0.4, 0.5) is 4.39 Å². The molecule has 0 saturated carbocycles. The number of pyridine rings is 1. The lowest BCUT2D eigenvalue weighted by molar-refractivity contribution is 0.0730. The number of alkyl halides is 1. The molecular formula is C23H21FN2O2. The van der Waals surface area contributed by atoms with Gasteiger partial charge in [-0.25, -0.2) is 9.78 Å². The molecule has 0 radical (unpaired) electrons. The molecule has 2 aromatic carbocycles. The first-order valence-corrected chi connectivity index (χ1v) is 9.48. The summed E-state index contributed by atoms with van der Waals surface area (Å²) in [5.74, 6) is -0.148. The standard InChI is InChI=1S/C23H21FN2O2/c24-14-6-1-7-15-26-16-19(18-9-3-5-11-21(18)26)23(27)28-22-13-12-17-8-2-4-10-20(17)25-22/h2-5,8-13,16H,1,6-7,14-15H2. The van der Waals surface area contributed by atoms with Crippen LogP contribution in [0.3, 0.4) is 0 Å². The summed E-state index contributed by atoms with van der Waals surface area (Å²) < 4.78 is 19.9. The van der Waals surface area contributed by atoms with E-state index in [-0.39, 0.29) is 12.6 Å². The van der Waals surface area contributed by atoms with E-state index in [0.717, 1.165) is 41.2 Å². The van der Waals surface area contributed by atoms with Crippen LogP contribution in [0.2, 0.25) is 0 Å². The van der Waals surface area contributed by atoms with E-state index in [4.69, 9.17) is 4.74 Å². The van der Waals surface area contributed by atoms with E-state index in [0.29, 0.717) is 12.0 Å². The van der Waals surface area contributed by atoms with Crippen LogP contribution in [-0.4, -0.2) is 22.2 Å². The molecule has 0 unspecified atom stereocenters. The van der Waals surface area contributed by atoms with Crippen molar-refractivity contribution in [2.75, 3.05) is 6.67 Å². The number of ether oxygens (including phenoxy) is 1. The van der Waals surface area contributed by atoms with Gasteiger partial charge >= 0.3 is 5.97 Å². The van der Waals surface area contributed by atoms with Gasteiger partial charge in [-0.1, -0.05) is 36.4 Å². The molecule has 0 spiro atoms. The van der Waals surface area contributed by atoms with Gasteiger partial charge in [0, 0.05) is 35.1 Å². The molecule has 0 aliphatic carbocycles. The summed E-state index contributed by atoms with van der Waals surface area (Å²) in [5.41, 5.74) is 2.26. The number of fused-ring (bicyclic) bond motifs is 2. The lowest BCUT2D eigenvalue weighted by Gasteiger charge is -2.04. The maximum Gasteiger partial charge on any atom is 0.347 e. The van der Waals surface area contributed by atoms with Gasteiger partial charge < -0.3 is 9.30 Å². The van der Waals surface area contributed by atoms with Crippen molar-refractivity contribution in [2.24, 2.45) is 0 Å². The number of benzene rings is 2. The van der Waals surface area contributed by atoms with Gasteiger partial charge in [-0.2, -0.15) is 0 Å². The number of hydrogen-bond acceptors (Lipinski definition) is 3. The highest BCUT2D eigenvalue weighted by atomic mass is 19.1. The number of para-hydroxylation sites is 2. The van der Waals surface area contributed by atoms with Crippen LogP contribution in [0.25, 0.3) is 21.8 Å². The fourth-order valence-corrected chi connectivity index (χ4v) is 3.40. The van der Waals surface area contributed by atoms with Gasteiger partial charge in [-0.3, -0.25) is 4.39 Å². The Kier molecular flexibility index (Phi) is 5.33. The lowest BCUT2D eigenvalue weighted by atomic mass is 10.2. The molecule has 5 heteroatoms. The Morgan fingerprint density at radius 2 is 1.79 bits per heavy atom. The molecule has 0 aliphatic heterocycles. The van der Waals surface area contributed by atoms with Gasteiger partial charge in [0.25, 0.3) is 0 Å². The maximum absolute atomic E-state index is 12.8. The molecule has 4 aromatic rings. The Bertz CT molecular complexity index is 1120. The van der Waals surface area contributed by atoms with E-state index in [1.165, 1.54) is 0 Å². The molecule has 0 N–H and O–H groups in total. The number of esters is 1. The van der Waals surface area contributed by atoms with Crippen LogP contribution in [-0.2, 0) is 6.54 Å². The molecule has 0 aliphatic rings. The highest BCUT2D eigenvalue weighted by Gasteiger charge is 2.17. The number of nitrogens with zero attached hydrogens (tertiary/aromatic N) is 2. The molecule has 2 aromatic heterocycles. The van der Waals surface area contributed by atoms with Gasteiger partial charge in [0.2, 0.25) is 5.88 Å². The second-order valence-electron chi connectivity index (χ2n) is 6.73. The molecule has 4 rings (SSSR count). The number of hydrogen-bond donors (Lipinski definition) is 0. The minimum atomic E-state index is -0.429. The molecule has 4 nitrogen and oxygen atoms in total. The normalized spacial score (nSPS) is 11.2. The van der Waals surface area contributed by atoms with Crippen molar-refractivity contribution >= 4 is 27.8 Å². The summed E-state index contributed by atoms with van der Waals surface area (Å²) in [6.07, 6.45) is 4.08. The maximum atomic E-state index is 12.8. The Morgan fingerprint density at radius 3 is 2.68 bits per heavy atom. The lowest BCUT2D eigenvalue weighted by Crippen LogP contribution is -2.09. The number of aryl methyl sites for hydroxylation is 1. The Labute approximate surface area is 162 Å². The SMILES string of the molecule is O=C(Oc1ccc2ccccc2n1)c1cn(CCCCCF)c2ccccc12. The summed E-state index contributed by atoms with van der Waals surface area (Å²) in [6, 6.07) is 19.0. The van der Waals surface area contributed by atoms with E-state index in [1.807, 2.05) is 65.4 Å². The van der Waals surface area contributed by atoms with Crippen molar-refractivity contribution in [1.82, 2.24) is 9.55 Å². The van der Waals surface area contributed by atoms with Crippen molar-refractivity contribution < 1.29 is 13.9 Å². The van der Waals surface area contributed by atoms with E-state index in [2.05, 4.69) is 4.98 Å². The van der Waals surface area contributed by atoms with E-state index >= 15 is 0 Å². The number of aromatic nitrogens is 2. The summed E-state index contributed by atoms with van der Waals surface area (Å²) in [6.45, 7) is 0.449. The van der Waals surface area contributed by atoms with Gasteiger partial charge in [0.15, 0.2) is 0 Å². The average molecular weight is 376 g/mol. The summed E-state index contributed by atoms with van der Waals surface area (Å²) in [7, 11) is 0. The largest absolute Gasteiger partial charge is 0.404 e. The average Bonchev–Trinajstić information content (AvgIpc) is 3.10. The van der Waals surface area contributed by atoms with Crippen LogP contribution in [0.5, 0.6) is 5.88 Å². The first-order valence-electron chi connectivity index (χ1n) is 9.48.